The van der Waals surface area contributed by atoms with Crippen molar-refractivity contribution in [1.29, 1.82) is 0 Å². The lowest BCUT2D eigenvalue weighted by Gasteiger charge is -2.04. The molecule has 0 aliphatic heterocycles. The molecule has 0 saturated carbocycles. The fraction of sp³-hybridized carbons (Fsp3) is 0.357. The van der Waals surface area contributed by atoms with E-state index in [1.807, 2.05) is 25.4 Å². The van der Waals surface area contributed by atoms with Gasteiger partial charge in [0.25, 0.3) is 0 Å². The predicted molar refractivity (Wildman–Crippen MR) is 75.3 cm³/mol. The van der Waals surface area contributed by atoms with Crippen molar-refractivity contribution in [2.75, 3.05) is 13.7 Å². The molecule has 4 heteroatoms. The maximum atomic E-state index is 5.69. The van der Waals surface area contributed by atoms with Crippen LogP contribution in [0.2, 0.25) is 0 Å². The van der Waals surface area contributed by atoms with Crippen molar-refractivity contribution in [2.45, 2.75) is 19.9 Å². The van der Waals surface area contributed by atoms with Gasteiger partial charge in [-0.15, -0.1) is 11.3 Å². The summed E-state index contributed by atoms with van der Waals surface area (Å²) in [6.07, 6.45) is 2.80. The van der Waals surface area contributed by atoms with Gasteiger partial charge in [-0.25, -0.2) is 4.98 Å². The molecule has 0 aliphatic rings. The standard InChI is InChI=1S/C14H18N2OS/c1-11-3-5-12(6-4-11)17-8-7-14-16-10-13(18-14)9-15-2/h3-6,10,15H,7-9H2,1-2H3. The van der Waals surface area contributed by atoms with Crippen LogP contribution < -0.4 is 10.1 Å². The monoisotopic (exact) mass is 262 g/mol. The summed E-state index contributed by atoms with van der Waals surface area (Å²) in [5.74, 6) is 0.924. The fourth-order valence-corrected chi connectivity index (χ4v) is 2.53. The van der Waals surface area contributed by atoms with Crippen molar-refractivity contribution in [3.63, 3.8) is 0 Å². The van der Waals surface area contributed by atoms with Gasteiger partial charge in [-0.2, -0.15) is 0 Å². The highest BCUT2D eigenvalue weighted by Crippen LogP contribution is 2.15. The maximum absolute atomic E-state index is 5.69. The second-order valence-corrected chi connectivity index (χ2v) is 5.36. The van der Waals surface area contributed by atoms with Gasteiger partial charge < -0.3 is 10.1 Å². The Morgan fingerprint density at radius 1 is 1.28 bits per heavy atom. The van der Waals surface area contributed by atoms with E-state index in [-0.39, 0.29) is 0 Å². The lowest BCUT2D eigenvalue weighted by atomic mass is 10.2. The molecule has 1 N–H and O–H groups in total. The van der Waals surface area contributed by atoms with Gasteiger partial charge in [0.05, 0.1) is 11.6 Å². The molecule has 1 aromatic heterocycles. The Kier molecular flexibility index (Phi) is 4.73. The van der Waals surface area contributed by atoms with E-state index in [0.29, 0.717) is 6.61 Å². The fourth-order valence-electron chi connectivity index (χ4n) is 1.61. The Labute approximate surface area is 112 Å². The van der Waals surface area contributed by atoms with Crippen LogP contribution in [-0.2, 0) is 13.0 Å². The first-order valence-corrected chi connectivity index (χ1v) is 6.87. The SMILES string of the molecule is CNCc1cnc(CCOc2ccc(C)cc2)s1. The van der Waals surface area contributed by atoms with E-state index in [1.54, 1.807) is 11.3 Å². The quantitative estimate of drug-likeness (QED) is 0.869. The average molecular weight is 262 g/mol. The molecular weight excluding hydrogens is 244 g/mol. The number of nitrogens with zero attached hydrogens (tertiary/aromatic N) is 1. The number of nitrogens with one attached hydrogen (secondary N) is 1. The van der Waals surface area contributed by atoms with Crippen LogP contribution in [0.4, 0.5) is 0 Å². The van der Waals surface area contributed by atoms with Crippen LogP contribution in [-0.4, -0.2) is 18.6 Å². The summed E-state index contributed by atoms with van der Waals surface area (Å²) in [5.41, 5.74) is 1.25. The van der Waals surface area contributed by atoms with Gasteiger partial charge in [0, 0.05) is 24.0 Å². The molecule has 0 atom stereocenters. The minimum absolute atomic E-state index is 0.676. The van der Waals surface area contributed by atoms with E-state index in [9.17, 15) is 0 Å². The molecule has 0 aliphatic carbocycles. The highest BCUT2D eigenvalue weighted by molar-refractivity contribution is 7.11. The lowest BCUT2D eigenvalue weighted by Crippen LogP contribution is -2.02. The highest BCUT2D eigenvalue weighted by Gasteiger charge is 2.01. The number of rotatable bonds is 6. The summed E-state index contributed by atoms with van der Waals surface area (Å²) in [4.78, 5) is 5.65. The van der Waals surface area contributed by atoms with Gasteiger partial charge in [0.15, 0.2) is 0 Å². The van der Waals surface area contributed by atoms with E-state index < -0.39 is 0 Å². The Bertz CT molecular complexity index is 479. The smallest absolute Gasteiger partial charge is 0.119 e. The Morgan fingerprint density at radius 3 is 2.78 bits per heavy atom. The number of ether oxygens (including phenoxy) is 1. The molecule has 1 heterocycles. The largest absolute Gasteiger partial charge is 0.493 e. The Morgan fingerprint density at radius 2 is 2.06 bits per heavy atom. The molecule has 2 aromatic rings. The summed E-state index contributed by atoms with van der Waals surface area (Å²) < 4.78 is 5.69. The minimum atomic E-state index is 0.676. The summed E-state index contributed by atoms with van der Waals surface area (Å²) >= 11 is 1.74. The molecule has 1 aromatic carbocycles. The van der Waals surface area contributed by atoms with Crippen molar-refractivity contribution in [2.24, 2.45) is 0 Å². The highest BCUT2D eigenvalue weighted by atomic mass is 32.1. The van der Waals surface area contributed by atoms with E-state index >= 15 is 0 Å². The zero-order valence-electron chi connectivity index (χ0n) is 10.8. The van der Waals surface area contributed by atoms with Gasteiger partial charge in [-0.05, 0) is 26.1 Å². The average Bonchev–Trinajstić information content (AvgIpc) is 2.80. The van der Waals surface area contributed by atoms with Gasteiger partial charge >= 0.3 is 0 Å². The van der Waals surface area contributed by atoms with E-state index in [0.717, 1.165) is 23.7 Å². The first-order valence-electron chi connectivity index (χ1n) is 6.05. The van der Waals surface area contributed by atoms with Crippen LogP contribution in [0.25, 0.3) is 0 Å². The van der Waals surface area contributed by atoms with Crippen molar-refractivity contribution >= 4 is 11.3 Å². The molecule has 0 spiro atoms. The zero-order chi connectivity index (χ0) is 12.8. The lowest BCUT2D eigenvalue weighted by molar-refractivity contribution is 0.321. The van der Waals surface area contributed by atoms with Gasteiger partial charge in [0.2, 0.25) is 0 Å². The van der Waals surface area contributed by atoms with Crippen LogP contribution in [0.1, 0.15) is 15.4 Å². The van der Waals surface area contributed by atoms with E-state index in [4.69, 9.17) is 4.74 Å². The molecule has 0 fully saturated rings. The number of hydrogen-bond donors (Lipinski definition) is 1. The van der Waals surface area contributed by atoms with Crippen molar-refractivity contribution in [3.8, 4) is 5.75 Å². The molecule has 2 rings (SSSR count). The summed E-state index contributed by atoms with van der Waals surface area (Å²) in [7, 11) is 1.94. The number of hydrogen-bond acceptors (Lipinski definition) is 4. The molecule has 0 unspecified atom stereocenters. The van der Waals surface area contributed by atoms with E-state index in [2.05, 4.69) is 29.4 Å². The molecule has 0 radical (unpaired) electrons. The second kappa shape index (κ2) is 6.52. The number of aryl methyl sites for hydroxylation is 1. The third-order valence-corrected chi connectivity index (χ3v) is 3.62. The van der Waals surface area contributed by atoms with Crippen LogP contribution in [0, 0.1) is 6.92 Å². The van der Waals surface area contributed by atoms with Crippen molar-refractivity contribution in [3.05, 3.63) is 45.9 Å². The maximum Gasteiger partial charge on any atom is 0.119 e. The molecule has 0 bridgehead atoms. The second-order valence-electron chi connectivity index (χ2n) is 4.16. The molecular formula is C14H18N2OS. The van der Waals surface area contributed by atoms with Gasteiger partial charge in [0.1, 0.15) is 5.75 Å². The zero-order valence-corrected chi connectivity index (χ0v) is 11.6. The number of benzene rings is 1. The molecule has 0 amide bonds. The third kappa shape index (κ3) is 3.82. The number of thiazole rings is 1. The molecule has 18 heavy (non-hydrogen) atoms. The summed E-state index contributed by atoms with van der Waals surface area (Å²) in [6, 6.07) is 8.13. The first-order chi connectivity index (χ1) is 8.78. The van der Waals surface area contributed by atoms with Crippen molar-refractivity contribution < 1.29 is 4.74 Å². The predicted octanol–water partition coefficient (Wildman–Crippen LogP) is 2.79. The van der Waals surface area contributed by atoms with Crippen LogP contribution in [0.5, 0.6) is 5.75 Å². The van der Waals surface area contributed by atoms with Crippen molar-refractivity contribution in [1.82, 2.24) is 10.3 Å². The van der Waals surface area contributed by atoms with Crippen LogP contribution in [0.15, 0.2) is 30.5 Å². The van der Waals surface area contributed by atoms with Crippen LogP contribution >= 0.6 is 11.3 Å². The summed E-state index contributed by atoms with van der Waals surface area (Å²) in [6.45, 7) is 3.63. The van der Waals surface area contributed by atoms with Gasteiger partial charge in [-0.3, -0.25) is 0 Å². The topological polar surface area (TPSA) is 34.2 Å². The molecule has 96 valence electrons. The third-order valence-electron chi connectivity index (χ3n) is 2.56. The van der Waals surface area contributed by atoms with E-state index in [1.165, 1.54) is 10.4 Å². The summed E-state index contributed by atoms with van der Waals surface area (Å²) in [5, 5.41) is 4.26. The minimum Gasteiger partial charge on any atom is -0.493 e. The normalized spacial score (nSPS) is 10.6. The number of aromatic nitrogens is 1. The molecule has 3 nitrogen and oxygen atoms in total. The first kappa shape index (κ1) is 13.1. The Balaban J connectivity index is 1.79. The van der Waals surface area contributed by atoms with Gasteiger partial charge in [-0.1, -0.05) is 17.7 Å². The molecule has 0 saturated heterocycles. The van der Waals surface area contributed by atoms with Crippen LogP contribution in [0.3, 0.4) is 0 Å². The Hall–Kier alpha value is -1.39.